The summed E-state index contributed by atoms with van der Waals surface area (Å²) in [6, 6.07) is 0. The second-order valence-corrected chi connectivity index (χ2v) is 24.9. The summed E-state index contributed by atoms with van der Waals surface area (Å²) in [6.07, 6.45) is 90.2. The molecule has 0 aliphatic carbocycles. The van der Waals surface area contributed by atoms with Crippen molar-refractivity contribution in [1.29, 1.82) is 0 Å². The Morgan fingerprint density at radius 1 is 0.244 bits per heavy atom. The monoisotopic (exact) mass is 1150 g/mol. The van der Waals surface area contributed by atoms with Crippen LogP contribution in [-0.4, -0.2) is 37.2 Å². The van der Waals surface area contributed by atoms with Crippen LogP contribution in [0.3, 0.4) is 0 Å². The molecule has 0 radical (unpaired) electrons. The first-order valence-corrected chi connectivity index (χ1v) is 36.6. The lowest BCUT2D eigenvalue weighted by molar-refractivity contribution is -0.167. The number of ether oxygens (including phenoxy) is 3. The van der Waals surface area contributed by atoms with Gasteiger partial charge in [0, 0.05) is 19.3 Å². The van der Waals surface area contributed by atoms with Gasteiger partial charge >= 0.3 is 17.9 Å². The fraction of sp³-hybridized carbons (Fsp3) is 0.855. The predicted octanol–water partition coefficient (Wildman–Crippen LogP) is 25.3. The zero-order valence-corrected chi connectivity index (χ0v) is 55.3. The Balaban J connectivity index is 4.12. The SMILES string of the molecule is CCC/C=C\CCCCCCCC(=O)OCC(COC(=O)CCCCCCCCCCCCCCCC/C=C\C/C=C\C/C=C\CCCCCCC)OC(=O)CCCCCCCCCCCCCCCCCCCCCCCCCCC. The molecule has 82 heavy (non-hydrogen) atoms. The number of carbonyl (C=O) groups excluding carboxylic acids is 3. The minimum absolute atomic E-state index is 0.0715. The molecule has 0 aliphatic rings. The molecule has 0 saturated heterocycles. The maximum Gasteiger partial charge on any atom is 0.306 e. The molecule has 6 heteroatoms. The molecule has 0 aromatic heterocycles. The summed E-state index contributed by atoms with van der Waals surface area (Å²) in [5, 5.41) is 0. The third-order valence-electron chi connectivity index (χ3n) is 16.5. The van der Waals surface area contributed by atoms with E-state index in [1.54, 1.807) is 0 Å². The smallest absolute Gasteiger partial charge is 0.306 e. The standard InChI is InChI=1S/C76H140O6/c1-4-7-10-13-16-19-22-24-26-28-30-32-34-36-37-38-39-41-42-44-46-48-50-52-54-57-60-63-66-69-75(78)81-72-73(71-80-74(77)68-65-62-59-56-21-18-15-12-9-6-3)82-76(79)70-67-64-61-58-55-53-51-49-47-45-43-40-35-33-31-29-27-25-23-20-17-14-11-8-5-2/h12,15,22,24,28,30,34,36,73H,4-11,13-14,16-21,23,25-27,29,31-33,35,37-72H2,1-3H3/b15-12-,24-22-,30-28-,36-34-. The van der Waals surface area contributed by atoms with Crippen molar-refractivity contribution < 1.29 is 28.6 Å². The number of rotatable bonds is 68. The molecule has 0 saturated carbocycles. The van der Waals surface area contributed by atoms with Crippen LogP contribution < -0.4 is 0 Å². The normalized spacial score (nSPS) is 12.3. The first-order chi connectivity index (χ1) is 40.5. The molecular weight excluding hydrogens is 1010 g/mol. The van der Waals surface area contributed by atoms with Gasteiger partial charge in [-0.2, -0.15) is 0 Å². The number of hydrogen-bond donors (Lipinski definition) is 0. The fourth-order valence-electron chi connectivity index (χ4n) is 11.0. The van der Waals surface area contributed by atoms with Crippen molar-refractivity contribution in [1.82, 2.24) is 0 Å². The molecule has 0 heterocycles. The number of unbranched alkanes of at least 4 members (excludes halogenated alkanes) is 49. The van der Waals surface area contributed by atoms with Crippen LogP contribution >= 0.6 is 0 Å². The molecule has 0 spiro atoms. The van der Waals surface area contributed by atoms with Crippen LogP contribution in [0.4, 0.5) is 0 Å². The summed E-state index contributed by atoms with van der Waals surface area (Å²) in [5.74, 6) is -0.857. The number of hydrogen-bond acceptors (Lipinski definition) is 6. The highest BCUT2D eigenvalue weighted by Gasteiger charge is 2.19. The van der Waals surface area contributed by atoms with E-state index in [0.29, 0.717) is 19.3 Å². The van der Waals surface area contributed by atoms with Crippen molar-refractivity contribution in [3.8, 4) is 0 Å². The minimum Gasteiger partial charge on any atom is -0.462 e. The molecule has 1 atom stereocenters. The van der Waals surface area contributed by atoms with Crippen molar-refractivity contribution >= 4 is 17.9 Å². The van der Waals surface area contributed by atoms with Gasteiger partial charge in [0.25, 0.3) is 0 Å². The van der Waals surface area contributed by atoms with Gasteiger partial charge in [-0.3, -0.25) is 14.4 Å². The summed E-state index contributed by atoms with van der Waals surface area (Å²) < 4.78 is 17.0. The average molecular weight is 1150 g/mol. The van der Waals surface area contributed by atoms with Crippen LogP contribution in [0.25, 0.3) is 0 Å². The van der Waals surface area contributed by atoms with Crippen molar-refractivity contribution in [2.45, 2.75) is 406 Å². The van der Waals surface area contributed by atoms with E-state index >= 15 is 0 Å². The number of esters is 3. The van der Waals surface area contributed by atoms with Crippen LogP contribution in [0.2, 0.25) is 0 Å². The molecule has 0 rings (SSSR count). The van der Waals surface area contributed by atoms with Crippen LogP contribution in [0.5, 0.6) is 0 Å². The lowest BCUT2D eigenvalue weighted by Gasteiger charge is -2.18. The highest BCUT2D eigenvalue weighted by Crippen LogP contribution is 2.19. The predicted molar refractivity (Wildman–Crippen MR) is 358 cm³/mol. The quantitative estimate of drug-likeness (QED) is 0.0261. The first kappa shape index (κ1) is 79.4. The molecule has 0 aliphatic heterocycles. The van der Waals surface area contributed by atoms with Gasteiger partial charge in [0.05, 0.1) is 0 Å². The van der Waals surface area contributed by atoms with E-state index in [9.17, 15) is 14.4 Å². The van der Waals surface area contributed by atoms with E-state index in [1.165, 1.54) is 276 Å². The van der Waals surface area contributed by atoms with Crippen molar-refractivity contribution in [3.05, 3.63) is 48.6 Å². The fourth-order valence-corrected chi connectivity index (χ4v) is 11.0. The molecule has 6 nitrogen and oxygen atoms in total. The highest BCUT2D eigenvalue weighted by molar-refractivity contribution is 5.71. The molecule has 0 fully saturated rings. The van der Waals surface area contributed by atoms with Gasteiger partial charge in [-0.15, -0.1) is 0 Å². The second kappa shape index (κ2) is 70.9. The first-order valence-electron chi connectivity index (χ1n) is 36.6. The van der Waals surface area contributed by atoms with Gasteiger partial charge in [-0.1, -0.05) is 352 Å². The van der Waals surface area contributed by atoms with Crippen LogP contribution in [0, 0.1) is 0 Å². The van der Waals surface area contributed by atoms with Gasteiger partial charge in [-0.05, 0) is 77.0 Å². The van der Waals surface area contributed by atoms with Gasteiger partial charge in [0.15, 0.2) is 6.10 Å². The molecule has 0 aromatic rings. The number of carbonyl (C=O) groups is 3. The average Bonchev–Trinajstić information content (AvgIpc) is 3.48. The Kier molecular flexibility index (Phi) is 68.6. The topological polar surface area (TPSA) is 78.9 Å². The molecular formula is C76H140O6. The summed E-state index contributed by atoms with van der Waals surface area (Å²) >= 11 is 0. The molecule has 1 unspecified atom stereocenters. The molecule has 0 amide bonds. The van der Waals surface area contributed by atoms with Gasteiger partial charge in [-0.25, -0.2) is 0 Å². The maximum absolute atomic E-state index is 12.9. The summed E-state index contributed by atoms with van der Waals surface area (Å²) in [5.41, 5.74) is 0. The Labute approximate surface area is 511 Å². The molecule has 480 valence electrons. The lowest BCUT2D eigenvalue weighted by atomic mass is 10.0. The van der Waals surface area contributed by atoms with E-state index in [2.05, 4.69) is 69.4 Å². The van der Waals surface area contributed by atoms with Crippen molar-refractivity contribution in [2.24, 2.45) is 0 Å². The van der Waals surface area contributed by atoms with Gasteiger partial charge < -0.3 is 14.2 Å². The molecule has 0 N–H and O–H groups in total. The Hall–Kier alpha value is -2.63. The van der Waals surface area contributed by atoms with Crippen LogP contribution in [0.1, 0.15) is 400 Å². The van der Waals surface area contributed by atoms with Crippen molar-refractivity contribution in [3.63, 3.8) is 0 Å². The van der Waals surface area contributed by atoms with Gasteiger partial charge in [0.2, 0.25) is 0 Å². The third kappa shape index (κ3) is 68.2. The van der Waals surface area contributed by atoms with E-state index < -0.39 is 6.10 Å². The largest absolute Gasteiger partial charge is 0.462 e. The minimum atomic E-state index is -0.775. The van der Waals surface area contributed by atoms with E-state index in [-0.39, 0.29) is 31.1 Å². The molecule has 0 aromatic carbocycles. The summed E-state index contributed by atoms with van der Waals surface area (Å²) in [7, 11) is 0. The zero-order valence-electron chi connectivity index (χ0n) is 55.3. The molecule has 0 bridgehead atoms. The lowest BCUT2D eigenvalue weighted by Crippen LogP contribution is -2.30. The Bertz CT molecular complexity index is 1410. The van der Waals surface area contributed by atoms with Crippen LogP contribution in [0.15, 0.2) is 48.6 Å². The van der Waals surface area contributed by atoms with Gasteiger partial charge in [0.1, 0.15) is 13.2 Å². The summed E-state index contributed by atoms with van der Waals surface area (Å²) in [6.45, 7) is 6.63. The zero-order chi connectivity index (χ0) is 59.2. The van der Waals surface area contributed by atoms with Crippen molar-refractivity contribution in [2.75, 3.05) is 13.2 Å². The Morgan fingerprint density at radius 2 is 0.463 bits per heavy atom. The van der Waals surface area contributed by atoms with E-state index in [4.69, 9.17) is 14.2 Å². The second-order valence-electron chi connectivity index (χ2n) is 24.9. The van der Waals surface area contributed by atoms with E-state index in [1.807, 2.05) is 0 Å². The highest BCUT2D eigenvalue weighted by atomic mass is 16.6. The maximum atomic E-state index is 12.9. The van der Waals surface area contributed by atoms with Crippen LogP contribution in [-0.2, 0) is 28.6 Å². The summed E-state index contributed by atoms with van der Waals surface area (Å²) in [4.78, 5) is 38.4. The number of allylic oxidation sites excluding steroid dienone is 8. The third-order valence-corrected chi connectivity index (χ3v) is 16.5. The Morgan fingerprint density at radius 3 is 0.744 bits per heavy atom. The van der Waals surface area contributed by atoms with E-state index in [0.717, 1.165) is 83.5 Å².